The van der Waals surface area contributed by atoms with Gasteiger partial charge in [0, 0.05) is 6.07 Å². The summed E-state index contributed by atoms with van der Waals surface area (Å²) < 4.78 is 5.42. The van der Waals surface area contributed by atoms with E-state index in [9.17, 15) is 4.79 Å². The van der Waals surface area contributed by atoms with Crippen molar-refractivity contribution in [2.45, 2.75) is 0 Å². The fourth-order valence-corrected chi connectivity index (χ4v) is 1.62. The summed E-state index contributed by atoms with van der Waals surface area (Å²) in [6.07, 6.45) is 0.732. The van der Waals surface area contributed by atoms with Gasteiger partial charge in [-0.3, -0.25) is 4.79 Å². The van der Waals surface area contributed by atoms with Crippen LogP contribution >= 0.6 is 22.9 Å². The second-order valence-corrected chi connectivity index (χ2v) is 3.32. The molecule has 1 aromatic rings. The second kappa shape index (κ2) is 3.03. The molecule has 0 N–H and O–H groups in total. The molecule has 2 nitrogen and oxygen atoms in total. The monoisotopic (exact) mass is 176 g/mol. The smallest absolute Gasteiger partial charge is 0.163 e. The van der Waals surface area contributed by atoms with Crippen LogP contribution in [0.3, 0.4) is 0 Å². The van der Waals surface area contributed by atoms with E-state index in [4.69, 9.17) is 16.3 Å². The summed E-state index contributed by atoms with van der Waals surface area (Å²) in [6, 6.07) is 1.62. The van der Waals surface area contributed by atoms with Gasteiger partial charge < -0.3 is 4.74 Å². The minimum absolute atomic E-state index is 0.535. The second-order valence-electron chi connectivity index (χ2n) is 1.60. The molecule has 0 atom stereocenters. The zero-order valence-corrected chi connectivity index (χ0v) is 6.83. The zero-order chi connectivity index (χ0) is 7.56. The summed E-state index contributed by atoms with van der Waals surface area (Å²) in [5.41, 5.74) is 0. The Morgan fingerprint density at radius 2 is 2.50 bits per heavy atom. The molecule has 0 aliphatic rings. The molecule has 0 spiro atoms. The summed E-state index contributed by atoms with van der Waals surface area (Å²) >= 11 is 6.81. The predicted octanol–water partition coefficient (Wildman–Crippen LogP) is 2.22. The first-order valence-electron chi connectivity index (χ1n) is 2.56. The fraction of sp³-hybridized carbons (Fsp3) is 0.167. The lowest BCUT2D eigenvalue weighted by atomic mass is 10.5. The van der Waals surface area contributed by atoms with E-state index in [0.717, 1.165) is 6.29 Å². The van der Waals surface area contributed by atoms with Crippen LogP contribution in [0.1, 0.15) is 9.67 Å². The van der Waals surface area contributed by atoms with Gasteiger partial charge in [0.1, 0.15) is 10.6 Å². The van der Waals surface area contributed by atoms with Gasteiger partial charge in [-0.15, -0.1) is 11.3 Å². The molecule has 1 rings (SSSR count). The number of methoxy groups -OCH3 is 1. The molecule has 0 aliphatic heterocycles. The third-order valence-electron chi connectivity index (χ3n) is 1.02. The first kappa shape index (κ1) is 7.57. The highest BCUT2D eigenvalue weighted by molar-refractivity contribution is 7.18. The lowest BCUT2D eigenvalue weighted by Crippen LogP contribution is -1.82. The summed E-state index contributed by atoms with van der Waals surface area (Å²) in [6.45, 7) is 0. The van der Waals surface area contributed by atoms with Gasteiger partial charge >= 0.3 is 0 Å². The maximum absolute atomic E-state index is 10.3. The van der Waals surface area contributed by atoms with E-state index in [1.807, 2.05) is 0 Å². The quantitative estimate of drug-likeness (QED) is 0.646. The maximum atomic E-state index is 10.3. The molecule has 0 aliphatic carbocycles. The summed E-state index contributed by atoms with van der Waals surface area (Å²) in [4.78, 5) is 10.8. The first-order chi connectivity index (χ1) is 4.77. The van der Waals surface area contributed by atoms with Gasteiger partial charge in [-0.25, -0.2) is 0 Å². The van der Waals surface area contributed by atoms with Crippen molar-refractivity contribution in [2.75, 3.05) is 7.11 Å². The van der Waals surface area contributed by atoms with Crippen LogP contribution in [0.4, 0.5) is 0 Å². The molecule has 0 amide bonds. The summed E-state index contributed by atoms with van der Waals surface area (Å²) in [5, 5.41) is 0. The molecule has 10 heavy (non-hydrogen) atoms. The van der Waals surface area contributed by atoms with E-state index in [0.29, 0.717) is 15.0 Å². The Balaban J connectivity index is 3.08. The number of carbonyl (C=O) groups is 1. The molecule has 1 aromatic heterocycles. The lowest BCUT2D eigenvalue weighted by molar-refractivity contribution is 0.112. The van der Waals surface area contributed by atoms with Crippen molar-refractivity contribution in [1.29, 1.82) is 0 Å². The van der Waals surface area contributed by atoms with E-state index < -0.39 is 0 Å². The standard InChI is InChI=1S/C6H5ClO2S/c1-9-4-2-6(7)10-5(4)3-8/h2-3H,1H3. The third-order valence-corrected chi connectivity index (χ3v) is 2.19. The van der Waals surface area contributed by atoms with Gasteiger partial charge in [0.05, 0.1) is 11.4 Å². The Labute approximate surface area is 67.4 Å². The minimum Gasteiger partial charge on any atom is -0.495 e. The van der Waals surface area contributed by atoms with Crippen LogP contribution in [0, 0.1) is 0 Å². The Bertz CT molecular complexity index is 244. The third kappa shape index (κ3) is 1.30. The van der Waals surface area contributed by atoms with Crippen LogP contribution < -0.4 is 4.74 Å². The number of hydrogen-bond acceptors (Lipinski definition) is 3. The lowest BCUT2D eigenvalue weighted by Gasteiger charge is -1.91. The van der Waals surface area contributed by atoms with E-state index in [1.165, 1.54) is 18.4 Å². The molecule has 0 unspecified atom stereocenters. The molecular weight excluding hydrogens is 172 g/mol. The minimum atomic E-state index is 0.535. The van der Waals surface area contributed by atoms with Gasteiger partial charge in [0.15, 0.2) is 6.29 Å². The molecular formula is C6H5ClO2S. The molecule has 0 aromatic carbocycles. The molecule has 0 radical (unpaired) electrons. The van der Waals surface area contributed by atoms with Gasteiger partial charge in [0.2, 0.25) is 0 Å². The number of thiophene rings is 1. The van der Waals surface area contributed by atoms with E-state index in [-0.39, 0.29) is 0 Å². The molecule has 1 heterocycles. The molecule has 54 valence electrons. The van der Waals surface area contributed by atoms with Crippen LogP contribution in [-0.2, 0) is 0 Å². The number of rotatable bonds is 2. The van der Waals surface area contributed by atoms with Crippen molar-refractivity contribution >= 4 is 29.2 Å². The Kier molecular flexibility index (Phi) is 2.29. The zero-order valence-electron chi connectivity index (χ0n) is 5.26. The SMILES string of the molecule is COc1cc(Cl)sc1C=O. The summed E-state index contributed by atoms with van der Waals surface area (Å²) in [5.74, 6) is 0.546. The fourth-order valence-electron chi connectivity index (χ4n) is 0.601. The molecule has 0 fully saturated rings. The van der Waals surface area contributed by atoms with E-state index in [2.05, 4.69) is 0 Å². The molecule has 0 saturated heterocycles. The van der Waals surface area contributed by atoms with Gasteiger partial charge in [-0.2, -0.15) is 0 Å². The first-order valence-corrected chi connectivity index (χ1v) is 3.76. The van der Waals surface area contributed by atoms with Crippen molar-refractivity contribution in [3.63, 3.8) is 0 Å². The highest BCUT2D eigenvalue weighted by atomic mass is 35.5. The molecule has 0 saturated carbocycles. The number of carbonyl (C=O) groups excluding carboxylic acids is 1. The average Bonchev–Trinajstić information content (AvgIpc) is 2.30. The Hall–Kier alpha value is -0.540. The van der Waals surface area contributed by atoms with Crippen molar-refractivity contribution in [2.24, 2.45) is 0 Å². The van der Waals surface area contributed by atoms with Gasteiger partial charge in [-0.05, 0) is 0 Å². The number of ether oxygens (including phenoxy) is 1. The van der Waals surface area contributed by atoms with Crippen molar-refractivity contribution in [1.82, 2.24) is 0 Å². The van der Waals surface area contributed by atoms with Crippen LogP contribution in [0.2, 0.25) is 4.34 Å². The van der Waals surface area contributed by atoms with Crippen molar-refractivity contribution < 1.29 is 9.53 Å². The molecule has 4 heteroatoms. The normalized spacial score (nSPS) is 9.40. The van der Waals surface area contributed by atoms with Crippen LogP contribution in [0.5, 0.6) is 5.75 Å². The summed E-state index contributed by atoms with van der Waals surface area (Å²) in [7, 11) is 1.51. The Morgan fingerprint density at radius 3 is 2.90 bits per heavy atom. The number of halogens is 1. The van der Waals surface area contributed by atoms with E-state index in [1.54, 1.807) is 6.07 Å². The maximum Gasteiger partial charge on any atom is 0.163 e. The van der Waals surface area contributed by atoms with Crippen molar-refractivity contribution in [3.05, 3.63) is 15.3 Å². The van der Waals surface area contributed by atoms with Crippen LogP contribution in [0.25, 0.3) is 0 Å². The Morgan fingerprint density at radius 1 is 1.80 bits per heavy atom. The highest BCUT2D eigenvalue weighted by Crippen LogP contribution is 2.30. The number of aldehydes is 1. The molecule has 0 bridgehead atoms. The topological polar surface area (TPSA) is 26.3 Å². The van der Waals surface area contributed by atoms with Crippen LogP contribution in [0.15, 0.2) is 6.07 Å². The average molecular weight is 177 g/mol. The van der Waals surface area contributed by atoms with Crippen molar-refractivity contribution in [3.8, 4) is 5.75 Å². The van der Waals surface area contributed by atoms with Gasteiger partial charge in [-0.1, -0.05) is 11.6 Å². The van der Waals surface area contributed by atoms with E-state index >= 15 is 0 Å². The largest absolute Gasteiger partial charge is 0.495 e. The van der Waals surface area contributed by atoms with Gasteiger partial charge in [0.25, 0.3) is 0 Å². The predicted molar refractivity (Wildman–Crippen MR) is 41.3 cm³/mol. The highest BCUT2D eigenvalue weighted by Gasteiger charge is 2.05. The number of hydrogen-bond donors (Lipinski definition) is 0. The van der Waals surface area contributed by atoms with Crippen LogP contribution in [-0.4, -0.2) is 13.4 Å².